The van der Waals surface area contributed by atoms with Crippen molar-refractivity contribution in [3.8, 4) is 0 Å². The highest BCUT2D eigenvalue weighted by Gasteiger charge is 2.27. The van der Waals surface area contributed by atoms with Gasteiger partial charge in [-0.1, -0.05) is 48.5 Å². The van der Waals surface area contributed by atoms with Crippen LogP contribution < -0.4 is 9.62 Å². The zero-order valence-electron chi connectivity index (χ0n) is 16.1. The molecule has 0 spiro atoms. The minimum absolute atomic E-state index is 0.211. The van der Waals surface area contributed by atoms with Crippen LogP contribution in [0.1, 0.15) is 24.4 Å². The Bertz CT molecular complexity index is 1280. The molecule has 1 aliphatic heterocycles. The van der Waals surface area contributed by atoms with Crippen LogP contribution in [0.15, 0.2) is 78.0 Å². The number of hydrogen-bond donors (Lipinski definition) is 1. The molecule has 0 amide bonds. The second-order valence-corrected chi connectivity index (χ2v) is 9.74. The average molecular weight is 437 g/mol. The van der Waals surface area contributed by atoms with Gasteiger partial charge in [0.1, 0.15) is 6.33 Å². The van der Waals surface area contributed by atoms with Crippen molar-refractivity contribution in [2.45, 2.75) is 23.8 Å². The van der Waals surface area contributed by atoms with Gasteiger partial charge in [0.05, 0.1) is 10.9 Å². The number of nitrogens with one attached hydrogen (secondary N) is 1. The second kappa shape index (κ2) is 7.70. The summed E-state index contributed by atoms with van der Waals surface area (Å²) in [4.78, 5) is 6.55. The number of aromatic nitrogens is 2. The molecule has 1 unspecified atom stereocenters. The largest absolute Gasteiger partial charge is 0.364 e. The van der Waals surface area contributed by atoms with Gasteiger partial charge in [0.25, 0.3) is 10.0 Å². The summed E-state index contributed by atoms with van der Waals surface area (Å²) >= 11 is 1.01. The van der Waals surface area contributed by atoms with Crippen molar-refractivity contribution in [3.05, 3.63) is 78.6 Å². The first-order chi connectivity index (χ1) is 14.6. The zero-order valence-corrected chi connectivity index (χ0v) is 17.7. The fraction of sp³-hybridized carbons (Fsp3) is 0.182. The molecule has 3 aromatic carbocycles. The lowest BCUT2D eigenvalue weighted by molar-refractivity contribution is 0.601. The van der Waals surface area contributed by atoms with Gasteiger partial charge < -0.3 is 4.90 Å². The normalized spacial score (nSPS) is 16.8. The van der Waals surface area contributed by atoms with Gasteiger partial charge in [-0.05, 0) is 42.0 Å². The predicted octanol–water partition coefficient (Wildman–Crippen LogP) is 4.83. The summed E-state index contributed by atoms with van der Waals surface area (Å²) in [5.41, 5.74) is 2.45. The Hall–Kier alpha value is -2.97. The fourth-order valence-corrected chi connectivity index (χ4v) is 5.83. The summed E-state index contributed by atoms with van der Waals surface area (Å²) in [5, 5.41) is 2.20. The minimum Gasteiger partial charge on any atom is -0.364 e. The summed E-state index contributed by atoms with van der Waals surface area (Å²) in [5.74, 6) is 0. The molecule has 1 fully saturated rings. The first-order valence-electron chi connectivity index (χ1n) is 9.76. The molecule has 5 rings (SSSR count). The zero-order chi connectivity index (χ0) is 20.6. The van der Waals surface area contributed by atoms with Gasteiger partial charge in [-0.15, -0.1) is 0 Å². The molecule has 0 aliphatic carbocycles. The topological polar surface area (TPSA) is 75.2 Å². The van der Waals surface area contributed by atoms with Crippen LogP contribution >= 0.6 is 11.5 Å². The molecule has 152 valence electrons. The SMILES string of the molecule is O=S(=O)(Nc1ncns1)c1ccc2c(N3CCCC3c3ccccc3)cccc2c1. The van der Waals surface area contributed by atoms with Crippen LogP contribution in [-0.4, -0.2) is 24.3 Å². The van der Waals surface area contributed by atoms with Crippen LogP contribution in [0.2, 0.25) is 0 Å². The molecule has 1 atom stereocenters. The van der Waals surface area contributed by atoms with Crippen LogP contribution in [-0.2, 0) is 10.0 Å². The van der Waals surface area contributed by atoms with Crippen molar-refractivity contribution >= 4 is 43.1 Å². The van der Waals surface area contributed by atoms with E-state index < -0.39 is 10.0 Å². The minimum atomic E-state index is -3.72. The summed E-state index contributed by atoms with van der Waals surface area (Å²) in [6.45, 7) is 0.983. The smallest absolute Gasteiger partial charge is 0.263 e. The fourth-order valence-electron chi connectivity index (χ4n) is 4.13. The summed E-state index contributed by atoms with van der Waals surface area (Å²) in [6, 6.07) is 22.2. The molecule has 2 heterocycles. The average Bonchev–Trinajstić information content (AvgIpc) is 3.45. The van der Waals surface area contributed by atoms with Gasteiger partial charge in [-0.3, -0.25) is 4.72 Å². The highest BCUT2D eigenvalue weighted by Crippen LogP contribution is 2.39. The number of hydrogen-bond acceptors (Lipinski definition) is 6. The van der Waals surface area contributed by atoms with Crippen LogP contribution in [0.3, 0.4) is 0 Å². The highest BCUT2D eigenvalue weighted by molar-refractivity contribution is 7.93. The van der Waals surface area contributed by atoms with Gasteiger partial charge in [0, 0.05) is 29.2 Å². The van der Waals surface area contributed by atoms with E-state index in [2.05, 4.69) is 49.3 Å². The molecule has 0 radical (unpaired) electrons. The van der Waals surface area contributed by atoms with E-state index >= 15 is 0 Å². The molecular weight excluding hydrogens is 416 g/mol. The molecule has 1 N–H and O–H groups in total. The molecule has 30 heavy (non-hydrogen) atoms. The van der Waals surface area contributed by atoms with Crippen molar-refractivity contribution < 1.29 is 8.42 Å². The molecule has 0 bridgehead atoms. The maximum Gasteiger partial charge on any atom is 0.263 e. The molecular formula is C22H20N4O2S2. The number of fused-ring (bicyclic) bond motifs is 1. The van der Waals surface area contributed by atoms with Gasteiger partial charge in [-0.2, -0.15) is 4.37 Å². The van der Waals surface area contributed by atoms with Gasteiger partial charge >= 0.3 is 0 Å². The third-order valence-electron chi connectivity index (χ3n) is 5.47. The molecule has 8 heteroatoms. The molecule has 1 saturated heterocycles. The Labute approximate surface area is 179 Å². The predicted molar refractivity (Wildman–Crippen MR) is 120 cm³/mol. The number of sulfonamides is 1. The van der Waals surface area contributed by atoms with Crippen molar-refractivity contribution in [1.82, 2.24) is 9.36 Å². The Morgan fingerprint density at radius 3 is 2.70 bits per heavy atom. The maximum absolute atomic E-state index is 12.7. The molecule has 6 nitrogen and oxygen atoms in total. The van der Waals surface area contributed by atoms with Crippen LogP contribution in [0.5, 0.6) is 0 Å². The van der Waals surface area contributed by atoms with Crippen molar-refractivity contribution in [2.75, 3.05) is 16.2 Å². The van der Waals surface area contributed by atoms with E-state index in [0.29, 0.717) is 6.04 Å². The Kier molecular flexibility index (Phi) is 4.88. The van der Waals surface area contributed by atoms with Crippen LogP contribution in [0, 0.1) is 0 Å². The standard InChI is InChI=1S/C22H20N4O2S2/c27-30(28,25-22-23-15-24-29-22)18-11-12-19-17(14-18)8-4-9-21(19)26-13-5-10-20(26)16-6-2-1-3-7-16/h1-4,6-9,11-12,14-15,20H,5,10,13H2,(H,23,24,25). The summed E-state index contributed by atoms with van der Waals surface area (Å²) in [7, 11) is -3.72. The van der Waals surface area contributed by atoms with E-state index in [1.54, 1.807) is 12.1 Å². The lowest BCUT2D eigenvalue weighted by Gasteiger charge is -2.28. The second-order valence-electron chi connectivity index (χ2n) is 7.27. The first-order valence-corrected chi connectivity index (χ1v) is 12.0. The van der Waals surface area contributed by atoms with E-state index in [0.717, 1.165) is 47.4 Å². The van der Waals surface area contributed by atoms with Crippen molar-refractivity contribution in [1.29, 1.82) is 0 Å². The Balaban J connectivity index is 1.52. The lowest BCUT2D eigenvalue weighted by Crippen LogP contribution is -2.22. The van der Waals surface area contributed by atoms with E-state index in [1.807, 2.05) is 24.3 Å². The molecule has 0 saturated carbocycles. The molecule has 4 aromatic rings. The summed E-state index contributed by atoms with van der Waals surface area (Å²) in [6.07, 6.45) is 3.57. The number of rotatable bonds is 5. The quantitative estimate of drug-likeness (QED) is 0.485. The van der Waals surface area contributed by atoms with Gasteiger partial charge in [0.2, 0.25) is 5.13 Å². The Morgan fingerprint density at radius 2 is 1.90 bits per heavy atom. The van der Waals surface area contributed by atoms with Crippen LogP contribution in [0.4, 0.5) is 10.8 Å². The van der Waals surface area contributed by atoms with E-state index in [9.17, 15) is 8.42 Å². The third-order valence-corrected chi connectivity index (χ3v) is 7.51. The number of anilines is 2. The van der Waals surface area contributed by atoms with E-state index in [-0.39, 0.29) is 10.0 Å². The van der Waals surface area contributed by atoms with E-state index in [1.165, 1.54) is 11.9 Å². The first kappa shape index (κ1) is 19.0. The Morgan fingerprint density at radius 1 is 1.03 bits per heavy atom. The number of nitrogens with zero attached hydrogens (tertiary/aromatic N) is 3. The number of benzene rings is 3. The van der Waals surface area contributed by atoms with E-state index in [4.69, 9.17) is 0 Å². The summed E-state index contributed by atoms with van der Waals surface area (Å²) < 4.78 is 31.8. The molecule has 1 aromatic heterocycles. The maximum atomic E-state index is 12.7. The highest BCUT2D eigenvalue weighted by atomic mass is 32.2. The third kappa shape index (κ3) is 3.53. The molecule has 1 aliphatic rings. The monoisotopic (exact) mass is 436 g/mol. The lowest BCUT2D eigenvalue weighted by atomic mass is 10.0. The van der Waals surface area contributed by atoms with Gasteiger partial charge in [-0.25, -0.2) is 13.4 Å². The van der Waals surface area contributed by atoms with Crippen molar-refractivity contribution in [3.63, 3.8) is 0 Å². The van der Waals surface area contributed by atoms with Gasteiger partial charge in [0.15, 0.2) is 0 Å². The van der Waals surface area contributed by atoms with Crippen molar-refractivity contribution in [2.24, 2.45) is 0 Å². The van der Waals surface area contributed by atoms with Crippen LogP contribution in [0.25, 0.3) is 10.8 Å².